The van der Waals surface area contributed by atoms with Crippen molar-refractivity contribution in [2.24, 2.45) is 0 Å². The summed E-state index contributed by atoms with van der Waals surface area (Å²) in [6.45, 7) is 6.59. The second kappa shape index (κ2) is 14.0. The fourth-order valence-corrected chi connectivity index (χ4v) is 6.42. The molecule has 14 nitrogen and oxygen atoms in total. The lowest BCUT2D eigenvalue weighted by Gasteiger charge is -2.39. The molecular weight excluding hydrogens is 612 g/mol. The largest absolute Gasteiger partial charge is 0.507 e. The highest BCUT2D eigenvalue weighted by molar-refractivity contribution is 5.92. The molecule has 0 bridgehead atoms. The first kappa shape index (κ1) is 33.6. The van der Waals surface area contributed by atoms with E-state index in [1.165, 1.54) is 18.4 Å². The Kier molecular flexibility index (Phi) is 10.0. The molecule has 3 fully saturated rings. The molecule has 0 saturated carbocycles. The molecule has 0 spiro atoms. The Morgan fingerprint density at radius 3 is 1.94 bits per heavy atom. The van der Waals surface area contributed by atoms with Gasteiger partial charge in [0.25, 0.3) is 0 Å². The van der Waals surface area contributed by atoms with Gasteiger partial charge in [-0.1, -0.05) is 12.1 Å². The number of hydrogen-bond donors (Lipinski definition) is 6. The summed E-state index contributed by atoms with van der Waals surface area (Å²) in [4.78, 5) is 22.9. The molecular formula is C33H44N4O10. The van der Waals surface area contributed by atoms with Crippen molar-refractivity contribution in [3.05, 3.63) is 51.9 Å². The number of aliphatic hydroxyl groups is 4. The van der Waals surface area contributed by atoms with E-state index in [1.807, 2.05) is 0 Å². The van der Waals surface area contributed by atoms with Crippen molar-refractivity contribution in [2.45, 2.75) is 43.8 Å². The van der Waals surface area contributed by atoms with Gasteiger partial charge in [-0.2, -0.15) is 0 Å². The van der Waals surface area contributed by atoms with Crippen LogP contribution in [0.3, 0.4) is 0 Å². The van der Waals surface area contributed by atoms with Crippen LogP contribution in [0.15, 0.2) is 39.7 Å². The zero-order valence-electron chi connectivity index (χ0n) is 26.7. The highest BCUT2D eigenvalue weighted by atomic mass is 16.7. The van der Waals surface area contributed by atoms with Crippen molar-refractivity contribution in [1.82, 2.24) is 19.6 Å². The second-order valence-corrected chi connectivity index (χ2v) is 12.8. The fourth-order valence-electron chi connectivity index (χ4n) is 6.42. The Bertz CT molecular complexity index is 1600. The Labute approximate surface area is 272 Å². The monoisotopic (exact) mass is 656 g/mol. The third kappa shape index (κ3) is 6.84. The summed E-state index contributed by atoms with van der Waals surface area (Å²) in [5, 5.41) is 63.0. The number of nitrogens with zero attached hydrogens (tertiary/aromatic N) is 4. The highest BCUT2D eigenvalue weighted by Crippen LogP contribution is 2.41. The summed E-state index contributed by atoms with van der Waals surface area (Å²) >= 11 is 0. The maximum absolute atomic E-state index is 14.1. The minimum Gasteiger partial charge on any atom is -0.507 e. The lowest BCUT2D eigenvalue weighted by atomic mass is 9.98. The first-order chi connectivity index (χ1) is 22.5. The van der Waals surface area contributed by atoms with Crippen molar-refractivity contribution in [3.8, 4) is 28.4 Å². The number of ether oxygens (including phenoxy) is 2. The smallest absolute Gasteiger partial charge is 0.229 e. The molecule has 0 unspecified atom stereocenters. The van der Waals surface area contributed by atoms with Gasteiger partial charge in [-0.15, -0.1) is 0 Å². The van der Waals surface area contributed by atoms with Gasteiger partial charge in [-0.25, -0.2) is 0 Å². The number of likely N-dealkylation sites (N-methyl/N-ethyl adjacent to an activating group) is 2. The maximum atomic E-state index is 14.1. The van der Waals surface area contributed by atoms with Gasteiger partial charge in [0, 0.05) is 65.4 Å². The second-order valence-electron chi connectivity index (χ2n) is 12.8. The summed E-state index contributed by atoms with van der Waals surface area (Å²) in [5.74, 6) is -0.116. The average molecular weight is 657 g/mol. The van der Waals surface area contributed by atoms with Gasteiger partial charge in [0.05, 0.1) is 23.3 Å². The first-order valence-electron chi connectivity index (χ1n) is 16.0. The van der Waals surface area contributed by atoms with Crippen LogP contribution in [0.5, 0.6) is 17.2 Å². The molecule has 47 heavy (non-hydrogen) atoms. The van der Waals surface area contributed by atoms with Crippen LogP contribution in [0.1, 0.15) is 11.1 Å². The highest BCUT2D eigenvalue weighted by Gasteiger charge is 2.44. The lowest BCUT2D eigenvalue weighted by molar-refractivity contribution is -0.277. The van der Waals surface area contributed by atoms with Crippen molar-refractivity contribution in [3.63, 3.8) is 0 Å². The SMILES string of the molecule is CN1CCN(Cc2c(O)c(CN3CCN(C)CC3)c3occ(-c4ccc(O[C@@H]5O[C@H](CO)[C@@H](O)[C@H](O)[C@H]5O)cc4)c(=O)c3c2O)CC1. The Hall–Kier alpha value is -3.31. The first-order valence-corrected chi connectivity index (χ1v) is 16.0. The number of aromatic hydroxyl groups is 2. The molecule has 14 heteroatoms. The summed E-state index contributed by atoms with van der Waals surface area (Å²) in [6.07, 6.45) is -5.81. The molecule has 4 heterocycles. The van der Waals surface area contributed by atoms with E-state index in [2.05, 4.69) is 33.7 Å². The van der Waals surface area contributed by atoms with Gasteiger partial charge in [0.15, 0.2) is 0 Å². The van der Waals surface area contributed by atoms with Crippen molar-refractivity contribution in [2.75, 3.05) is 73.1 Å². The maximum Gasteiger partial charge on any atom is 0.229 e. The summed E-state index contributed by atoms with van der Waals surface area (Å²) in [6, 6.07) is 6.28. The van der Waals surface area contributed by atoms with Gasteiger partial charge in [0.1, 0.15) is 58.9 Å². The van der Waals surface area contributed by atoms with Gasteiger partial charge in [-0.3, -0.25) is 14.6 Å². The molecule has 6 N–H and O–H groups in total. The Balaban J connectivity index is 1.33. The molecule has 1 aromatic heterocycles. The van der Waals surface area contributed by atoms with Gasteiger partial charge >= 0.3 is 0 Å². The van der Waals surface area contributed by atoms with E-state index in [1.54, 1.807) is 12.1 Å². The normalized spacial score (nSPS) is 27.0. The van der Waals surface area contributed by atoms with Crippen LogP contribution in [0.25, 0.3) is 22.1 Å². The Morgan fingerprint density at radius 2 is 1.36 bits per heavy atom. The number of phenols is 2. The molecule has 3 aliphatic heterocycles. The van der Waals surface area contributed by atoms with Crippen molar-refractivity contribution >= 4 is 11.0 Å². The standard InChI is InChI=1S/C33H44N4O10/c1-34-7-11-36(12-8-34)15-21-26(39)22(16-37-13-9-35(2)10-14-37)32-25(27(21)40)28(41)23(18-45-32)19-3-5-20(6-4-19)46-33-31(44)30(43)29(42)24(17-38)47-33/h3-6,18,24,29-31,33,38-40,42-44H,7-17H2,1-2H3/t24-,29-,30+,31-,33-/m1/s1. The van der Waals surface area contributed by atoms with E-state index >= 15 is 0 Å². The molecule has 5 atom stereocenters. The zero-order chi connectivity index (χ0) is 33.4. The van der Waals surface area contributed by atoms with E-state index < -0.39 is 42.7 Å². The summed E-state index contributed by atoms with van der Waals surface area (Å²) in [7, 11) is 4.12. The van der Waals surface area contributed by atoms with Gasteiger partial charge < -0.3 is 54.3 Å². The van der Waals surface area contributed by atoms with E-state index in [-0.39, 0.29) is 40.3 Å². The molecule has 0 radical (unpaired) electrons. The van der Waals surface area contributed by atoms with Gasteiger partial charge in [0.2, 0.25) is 11.7 Å². The fraction of sp³-hybridized carbons (Fsp3) is 0.545. The number of hydrogen-bond acceptors (Lipinski definition) is 14. The molecule has 6 rings (SSSR count). The molecule has 2 aromatic carbocycles. The lowest BCUT2D eigenvalue weighted by Crippen LogP contribution is -2.60. The molecule has 0 amide bonds. The van der Waals surface area contributed by atoms with Crippen LogP contribution in [-0.2, 0) is 17.8 Å². The number of fused-ring (bicyclic) bond motifs is 1. The van der Waals surface area contributed by atoms with E-state index in [4.69, 9.17) is 13.9 Å². The molecule has 0 aliphatic carbocycles. The van der Waals surface area contributed by atoms with E-state index in [0.29, 0.717) is 23.2 Å². The quantitative estimate of drug-likeness (QED) is 0.183. The third-order valence-electron chi connectivity index (χ3n) is 9.58. The average Bonchev–Trinajstić information content (AvgIpc) is 3.07. The predicted molar refractivity (Wildman–Crippen MR) is 171 cm³/mol. The van der Waals surface area contributed by atoms with Crippen LogP contribution >= 0.6 is 0 Å². The number of benzene rings is 2. The van der Waals surface area contributed by atoms with Crippen LogP contribution in [0.4, 0.5) is 0 Å². The third-order valence-corrected chi connectivity index (χ3v) is 9.58. The molecule has 3 saturated heterocycles. The predicted octanol–water partition coefficient (Wildman–Crippen LogP) is -0.455. The minimum atomic E-state index is -1.58. The van der Waals surface area contributed by atoms with E-state index in [9.17, 15) is 35.4 Å². The molecule has 3 aromatic rings. The van der Waals surface area contributed by atoms with Crippen molar-refractivity contribution in [1.29, 1.82) is 0 Å². The van der Waals surface area contributed by atoms with Gasteiger partial charge in [-0.05, 0) is 31.8 Å². The van der Waals surface area contributed by atoms with E-state index in [0.717, 1.165) is 52.4 Å². The number of phenolic OH excluding ortho intramolecular Hbond substituents is 2. The van der Waals surface area contributed by atoms with Crippen LogP contribution in [-0.4, -0.2) is 154 Å². The Morgan fingerprint density at radius 1 is 0.787 bits per heavy atom. The van der Waals surface area contributed by atoms with Crippen LogP contribution in [0.2, 0.25) is 0 Å². The zero-order valence-corrected chi connectivity index (χ0v) is 26.7. The molecule has 256 valence electrons. The number of rotatable bonds is 8. The van der Waals surface area contributed by atoms with Crippen LogP contribution in [0, 0.1) is 0 Å². The van der Waals surface area contributed by atoms with Crippen LogP contribution < -0.4 is 10.2 Å². The minimum absolute atomic E-state index is 0.00944. The topological polar surface area (TPSA) is 183 Å². The number of piperazine rings is 2. The van der Waals surface area contributed by atoms with Crippen molar-refractivity contribution < 1.29 is 44.5 Å². The number of aliphatic hydroxyl groups excluding tert-OH is 4. The summed E-state index contributed by atoms with van der Waals surface area (Å²) in [5.41, 5.74) is 1.13. The summed E-state index contributed by atoms with van der Waals surface area (Å²) < 4.78 is 17.2. The molecule has 3 aliphatic rings.